The summed E-state index contributed by atoms with van der Waals surface area (Å²) in [7, 11) is 1.58. The number of thiocarbonyl (C=S) groups is 1. The number of anilines is 1. The van der Waals surface area contributed by atoms with Gasteiger partial charge in [-0.25, -0.2) is 4.98 Å². The van der Waals surface area contributed by atoms with Crippen molar-refractivity contribution >= 4 is 91.9 Å². The van der Waals surface area contributed by atoms with Crippen LogP contribution in [-0.4, -0.2) is 55.9 Å². The second kappa shape index (κ2) is 12.2. The van der Waals surface area contributed by atoms with E-state index in [1.54, 1.807) is 31.4 Å². The van der Waals surface area contributed by atoms with E-state index in [2.05, 4.69) is 10.3 Å². The minimum absolute atomic E-state index is 0.0463. The third-order valence-corrected chi connectivity index (χ3v) is 8.86. The Kier molecular flexibility index (Phi) is 8.46. The number of hydrogen-bond donors (Lipinski definition) is 1. The van der Waals surface area contributed by atoms with Crippen LogP contribution >= 0.6 is 47.1 Å². The Bertz CT molecular complexity index is 1580. The zero-order chi connectivity index (χ0) is 27.4. The Morgan fingerprint density at radius 2 is 1.92 bits per heavy atom. The summed E-state index contributed by atoms with van der Waals surface area (Å²) < 4.78 is 7.08. The zero-order valence-corrected chi connectivity index (χ0v) is 23.9. The average Bonchev–Trinajstić information content (AvgIpc) is 3.65. The number of ether oxygens (including phenoxy) is 1. The van der Waals surface area contributed by atoms with E-state index >= 15 is 0 Å². The highest BCUT2D eigenvalue weighted by molar-refractivity contribution is 8.26. The maximum Gasteiger partial charge on any atom is 0.266 e. The number of thiophene rings is 1. The summed E-state index contributed by atoms with van der Waals surface area (Å²) in [5.74, 6) is 0.0837. The highest BCUT2D eigenvalue weighted by Gasteiger charge is 2.32. The Morgan fingerprint density at radius 3 is 2.67 bits per heavy atom. The van der Waals surface area contributed by atoms with Crippen LogP contribution in [0.5, 0.6) is 5.75 Å². The maximum absolute atomic E-state index is 13.4. The summed E-state index contributed by atoms with van der Waals surface area (Å²) in [6.45, 7) is 0.153. The van der Waals surface area contributed by atoms with E-state index in [0.29, 0.717) is 36.9 Å². The summed E-state index contributed by atoms with van der Waals surface area (Å²) in [6.07, 6.45) is 1.87. The van der Waals surface area contributed by atoms with E-state index in [4.69, 9.17) is 17.0 Å². The molecule has 2 amide bonds. The van der Waals surface area contributed by atoms with Crippen molar-refractivity contribution in [2.45, 2.75) is 11.6 Å². The van der Waals surface area contributed by atoms with Gasteiger partial charge in [-0.15, -0.1) is 11.3 Å². The van der Waals surface area contributed by atoms with Crippen molar-refractivity contribution in [2.24, 2.45) is 0 Å². The molecule has 0 unspecified atom stereocenters. The second-order valence-corrected chi connectivity index (χ2v) is 11.9. The largest absolute Gasteiger partial charge is 0.497 e. The van der Waals surface area contributed by atoms with Gasteiger partial charge in [-0.2, -0.15) is 0 Å². The maximum atomic E-state index is 13.4. The molecule has 4 aromatic rings. The first kappa shape index (κ1) is 27.1. The lowest BCUT2D eigenvalue weighted by atomic mass is 10.3. The standard InChI is InChI=1S/C27H22N4O4S4/c1-35-18-10-8-17(9-11-18)28-23(32)16-38-26-29-20-6-2-3-7-21(20)31(26)24(33)12-13-30-25(34)22(39-27(30)36)15-19-5-4-14-37-19/h2-11,14-15H,12-13,16H2,1H3,(H,28,32)/b22-15-. The Balaban J connectivity index is 1.27. The van der Waals surface area contributed by atoms with Crippen molar-refractivity contribution < 1.29 is 19.1 Å². The van der Waals surface area contributed by atoms with Gasteiger partial charge in [0.2, 0.25) is 11.8 Å². The lowest BCUT2D eigenvalue weighted by Gasteiger charge is -2.14. The third-order valence-electron chi connectivity index (χ3n) is 5.72. The van der Waals surface area contributed by atoms with Gasteiger partial charge in [0.05, 0.1) is 28.8 Å². The minimum Gasteiger partial charge on any atom is -0.497 e. The predicted octanol–water partition coefficient (Wildman–Crippen LogP) is 5.77. The van der Waals surface area contributed by atoms with Crippen molar-refractivity contribution in [2.75, 3.05) is 24.7 Å². The smallest absolute Gasteiger partial charge is 0.266 e. The van der Waals surface area contributed by atoms with Crippen LogP contribution in [0, 0.1) is 0 Å². The quantitative estimate of drug-likeness (QED) is 0.148. The number of imidazole rings is 1. The molecule has 12 heteroatoms. The topological polar surface area (TPSA) is 93.5 Å². The second-order valence-electron chi connectivity index (χ2n) is 8.28. The fraction of sp³-hybridized carbons (Fsp3) is 0.148. The van der Waals surface area contributed by atoms with Crippen molar-refractivity contribution in [3.63, 3.8) is 0 Å². The molecule has 198 valence electrons. The van der Waals surface area contributed by atoms with Crippen LogP contribution in [0.2, 0.25) is 0 Å². The molecule has 2 aromatic carbocycles. The molecule has 0 aliphatic carbocycles. The lowest BCUT2D eigenvalue weighted by molar-refractivity contribution is -0.122. The van der Waals surface area contributed by atoms with Crippen LogP contribution in [0.1, 0.15) is 16.1 Å². The molecule has 1 aliphatic heterocycles. The van der Waals surface area contributed by atoms with Gasteiger partial charge in [0.25, 0.3) is 5.91 Å². The van der Waals surface area contributed by atoms with Gasteiger partial charge in [-0.3, -0.25) is 23.9 Å². The lowest BCUT2D eigenvalue weighted by Crippen LogP contribution is -2.31. The fourth-order valence-electron chi connectivity index (χ4n) is 3.86. The van der Waals surface area contributed by atoms with E-state index in [9.17, 15) is 14.4 Å². The molecule has 0 bridgehead atoms. The monoisotopic (exact) mass is 594 g/mol. The van der Waals surface area contributed by atoms with Crippen LogP contribution < -0.4 is 10.1 Å². The number of nitrogens with zero attached hydrogens (tertiary/aromatic N) is 3. The fourth-order valence-corrected chi connectivity index (χ4v) is 6.71. The highest BCUT2D eigenvalue weighted by Crippen LogP contribution is 2.33. The van der Waals surface area contributed by atoms with E-state index < -0.39 is 0 Å². The van der Waals surface area contributed by atoms with Gasteiger partial charge in [0.15, 0.2) is 5.16 Å². The number of amides is 2. The van der Waals surface area contributed by atoms with Gasteiger partial charge in [0.1, 0.15) is 10.1 Å². The van der Waals surface area contributed by atoms with Crippen molar-refractivity contribution in [1.82, 2.24) is 14.5 Å². The van der Waals surface area contributed by atoms with Gasteiger partial charge in [-0.1, -0.05) is 53.9 Å². The van der Waals surface area contributed by atoms with Gasteiger partial charge in [-0.05, 0) is 53.9 Å². The first-order chi connectivity index (χ1) is 18.9. The third kappa shape index (κ3) is 6.25. The van der Waals surface area contributed by atoms with E-state index in [0.717, 1.165) is 4.88 Å². The van der Waals surface area contributed by atoms with E-state index in [-0.39, 0.29) is 36.4 Å². The number of rotatable bonds is 9. The van der Waals surface area contributed by atoms with Crippen LogP contribution in [-0.2, 0) is 9.59 Å². The highest BCUT2D eigenvalue weighted by atomic mass is 32.2. The van der Waals surface area contributed by atoms with Crippen LogP contribution in [0.25, 0.3) is 17.1 Å². The molecule has 1 N–H and O–H groups in total. The molecule has 1 aliphatic rings. The molecule has 1 saturated heterocycles. The van der Waals surface area contributed by atoms with Gasteiger partial charge < -0.3 is 10.1 Å². The van der Waals surface area contributed by atoms with E-state index in [1.807, 2.05) is 47.9 Å². The number of para-hydroxylation sites is 2. The Morgan fingerprint density at radius 1 is 1.13 bits per heavy atom. The summed E-state index contributed by atoms with van der Waals surface area (Å²) in [5.41, 5.74) is 1.93. The molecule has 0 atom stereocenters. The van der Waals surface area contributed by atoms with Crippen molar-refractivity contribution in [3.8, 4) is 5.75 Å². The predicted molar refractivity (Wildman–Crippen MR) is 162 cm³/mol. The Labute approximate surface area is 242 Å². The van der Waals surface area contributed by atoms with Gasteiger partial charge in [0, 0.05) is 23.5 Å². The van der Waals surface area contributed by atoms with Crippen LogP contribution in [0.15, 0.2) is 76.1 Å². The van der Waals surface area contributed by atoms with Crippen LogP contribution in [0.4, 0.5) is 5.69 Å². The SMILES string of the molecule is COc1ccc(NC(=O)CSc2nc3ccccc3n2C(=O)CCN2C(=O)/C(=C/c3cccs3)SC2=S)cc1. The minimum atomic E-state index is -0.238. The van der Waals surface area contributed by atoms with Gasteiger partial charge >= 0.3 is 0 Å². The van der Waals surface area contributed by atoms with Crippen molar-refractivity contribution in [1.29, 1.82) is 0 Å². The summed E-state index contributed by atoms with van der Waals surface area (Å²) >= 11 is 9.38. The molecule has 5 rings (SSSR count). The number of nitrogens with one attached hydrogen (secondary N) is 1. The Hall–Kier alpha value is -3.45. The number of fused-ring (bicyclic) bond motifs is 1. The molecular weight excluding hydrogens is 573 g/mol. The number of methoxy groups -OCH3 is 1. The average molecular weight is 595 g/mol. The number of aromatic nitrogens is 2. The number of carbonyl (C=O) groups excluding carboxylic acids is 3. The summed E-state index contributed by atoms with van der Waals surface area (Å²) in [6, 6.07) is 18.2. The normalized spacial score (nSPS) is 14.4. The molecular formula is C27H22N4O4S4. The molecule has 8 nitrogen and oxygen atoms in total. The first-order valence-electron chi connectivity index (χ1n) is 11.8. The molecule has 3 heterocycles. The van der Waals surface area contributed by atoms with Crippen LogP contribution in [0.3, 0.4) is 0 Å². The number of carbonyl (C=O) groups is 3. The number of hydrogen-bond acceptors (Lipinski definition) is 9. The number of benzene rings is 2. The molecule has 39 heavy (non-hydrogen) atoms. The summed E-state index contributed by atoms with van der Waals surface area (Å²) in [4.78, 5) is 46.6. The van der Waals surface area contributed by atoms with Crippen molar-refractivity contribution in [3.05, 3.63) is 75.8 Å². The molecule has 1 fully saturated rings. The number of thioether (sulfide) groups is 2. The molecule has 0 spiro atoms. The summed E-state index contributed by atoms with van der Waals surface area (Å²) in [5, 5.41) is 5.19. The first-order valence-corrected chi connectivity index (χ1v) is 14.9. The van der Waals surface area contributed by atoms with E-state index in [1.165, 1.54) is 44.3 Å². The molecule has 0 saturated carbocycles. The molecule has 2 aromatic heterocycles. The zero-order valence-electron chi connectivity index (χ0n) is 20.7. The molecule has 0 radical (unpaired) electrons.